The summed E-state index contributed by atoms with van der Waals surface area (Å²) in [5.74, 6) is 0.466. The highest BCUT2D eigenvalue weighted by Crippen LogP contribution is 2.40. The average molecular weight is 209 g/mol. The van der Waals surface area contributed by atoms with E-state index in [1.165, 1.54) is 5.57 Å². The molecule has 3 heteroatoms. The molecule has 2 atom stereocenters. The Labute approximate surface area is 88.6 Å². The van der Waals surface area contributed by atoms with Gasteiger partial charge in [-0.05, 0) is 13.0 Å². The van der Waals surface area contributed by atoms with Gasteiger partial charge in [-0.25, -0.2) is 0 Å². The molecule has 0 fully saturated rings. The van der Waals surface area contributed by atoms with Gasteiger partial charge in [0, 0.05) is 16.1 Å². The summed E-state index contributed by atoms with van der Waals surface area (Å²) in [6.07, 6.45) is 9.77. The molecule has 0 aromatic rings. The van der Waals surface area contributed by atoms with Crippen LogP contribution in [0.1, 0.15) is 6.42 Å². The molecule has 1 heterocycles. The van der Waals surface area contributed by atoms with Gasteiger partial charge in [0.1, 0.15) is 0 Å². The first-order valence-electron chi connectivity index (χ1n) is 4.90. The lowest BCUT2D eigenvalue weighted by molar-refractivity contribution is 0.339. The zero-order chi connectivity index (χ0) is 9.97. The van der Waals surface area contributed by atoms with Crippen molar-refractivity contribution in [3.8, 4) is 0 Å². The second-order valence-corrected chi connectivity index (χ2v) is 4.89. The predicted molar refractivity (Wildman–Crippen MR) is 60.9 cm³/mol. The van der Waals surface area contributed by atoms with Crippen LogP contribution in [0.25, 0.3) is 0 Å². The van der Waals surface area contributed by atoms with Crippen molar-refractivity contribution in [2.75, 3.05) is 13.2 Å². The van der Waals surface area contributed by atoms with Crippen LogP contribution in [-0.4, -0.2) is 23.5 Å². The maximum Gasteiger partial charge on any atom is 0.0737 e. The molecule has 3 N–H and O–H groups in total. The molecule has 2 unspecified atom stereocenters. The molecule has 2 rings (SSSR count). The molecule has 1 aliphatic heterocycles. The molecular weight excluding hydrogens is 194 g/mol. The largest absolute Gasteiger partial charge is 0.391 e. The van der Waals surface area contributed by atoms with Gasteiger partial charge in [-0.1, -0.05) is 29.9 Å². The second-order valence-electron chi connectivity index (χ2n) is 3.59. The van der Waals surface area contributed by atoms with Crippen molar-refractivity contribution < 1.29 is 5.11 Å². The van der Waals surface area contributed by atoms with Crippen molar-refractivity contribution in [3.05, 3.63) is 34.8 Å². The number of aliphatic hydroxyl groups is 1. The SMILES string of the molecule is NCCC1=CC2C=C(CO)SC2C=C1. The van der Waals surface area contributed by atoms with Crippen molar-refractivity contribution in [2.24, 2.45) is 11.7 Å². The molecule has 0 aromatic carbocycles. The van der Waals surface area contributed by atoms with Crippen LogP contribution in [0.15, 0.2) is 34.8 Å². The van der Waals surface area contributed by atoms with E-state index in [4.69, 9.17) is 10.8 Å². The van der Waals surface area contributed by atoms with Gasteiger partial charge in [0.05, 0.1) is 6.61 Å². The number of rotatable bonds is 3. The zero-order valence-electron chi connectivity index (χ0n) is 8.02. The van der Waals surface area contributed by atoms with Gasteiger partial charge in [0.2, 0.25) is 0 Å². The molecule has 0 bridgehead atoms. The van der Waals surface area contributed by atoms with Crippen molar-refractivity contribution in [3.63, 3.8) is 0 Å². The lowest BCUT2D eigenvalue weighted by atomic mass is 9.94. The monoisotopic (exact) mass is 209 g/mol. The van der Waals surface area contributed by atoms with Crippen LogP contribution in [0.5, 0.6) is 0 Å². The van der Waals surface area contributed by atoms with Crippen molar-refractivity contribution in [1.82, 2.24) is 0 Å². The minimum absolute atomic E-state index is 0.172. The van der Waals surface area contributed by atoms with E-state index < -0.39 is 0 Å². The Kier molecular flexibility index (Phi) is 3.11. The Morgan fingerprint density at radius 2 is 2.29 bits per heavy atom. The maximum absolute atomic E-state index is 9.03. The first-order valence-corrected chi connectivity index (χ1v) is 5.78. The maximum atomic E-state index is 9.03. The van der Waals surface area contributed by atoms with Crippen LogP contribution in [0.3, 0.4) is 0 Å². The third-order valence-corrected chi connectivity index (χ3v) is 3.85. The van der Waals surface area contributed by atoms with E-state index >= 15 is 0 Å². The Balaban J connectivity index is 2.09. The zero-order valence-corrected chi connectivity index (χ0v) is 8.83. The smallest absolute Gasteiger partial charge is 0.0737 e. The Morgan fingerprint density at radius 3 is 3.00 bits per heavy atom. The summed E-state index contributed by atoms with van der Waals surface area (Å²) < 4.78 is 0. The fourth-order valence-electron chi connectivity index (χ4n) is 1.86. The van der Waals surface area contributed by atoms with Gasteiger partial charge in [0.15, 0.2) is 0 Å². The topological polar surface area (TPSA) is 46.2 Å². The van der Waals surface area contributed by atoms with E-state index in [0.29, 0.717) is 17.7 Å². The van der Waals surface area contributed by atoms with E-state index in [1.54, 1.807) is 11.8 Å². The molecule has 0 saturated heterocycles. The van der Waals surface area contributed by atoms with E-state index in [2.05, 4.69) is 24.3 Å². The van der Waals surface area contributed by atoms with E-state index in [0.717, 1.165) is 11.3 Å². The van der Waals surface area contributed by atoms with Crippen LogP contribution in [0, 0.1) is 5.92 Å². The lowest BCUT2D eigenvalue weighted by Gasteiger charge is -2.17. The molecule has 14 heavy (non-hydrogen) atoms. The average Bonchev–Trinajstić information content (AvgIpc) is 2.60. The Bertz CT molecular complexity index is 306. The number of thioether (sulfide) groups is 1. The van der Waals surface area contributed by atoms with E-state index in [9.17, 15) is 0 Å². The fraction of sp³-hybridized carbons (Fsp3) is 0.455. The van der Waals surface area contributed by atoms with Gasteiger partial charge in [-0.15, -0.1) is 11.8 Å². The van der Waals surface area contributed by atoms with Crippen molar-refractivity contribution >= 4 is 11.8 Å². The highest BCUT2D eigenvalue weighted by atomic mass is 32.2. The highest BCUT2D eigenvalue weighted by molar-refractivity contribution is 8.04. The normalized spacial score (nSPS) is 29.9. The van der Waals surface area contributed by atoms with E-state index in [-0.39, 0.29) is 6.61 Å². The molecule has 0 saturated carbocycles. The second kappa shape index (κ2) is 4.34. The third kappa shape index (κ3) is 1.95. The molecule has 0 spiro atoms. The summed E-state index contributed by atoms with van der Waals surface area (Å²) in [5, 5.41) is 9.53. The summed E-state index contributed by atoms with van der Waals surface area (Å²) in [7, 11) is 0. The number of aliphatic hydroxyl groups excluding tert-OH is 1. The van der Waals surface area contributed by atoms with E-state index in [1.807, 2.05) is 0 Å². The first-order chi connectivity index (χ1) is 6.83. The molecular formula is C11H15NOS. The molecule has 1 aliphatic carbocycles. The van der Waals surface area contributed by atoms with Crippen molar-refractivity contribution in [1.29, 1.82) is 0 Å². The minimum atomic E-state index is 0.172. The van der Waals surface area contributed by atoms with Gasteiger partial charge in [-0.3, -0.25) is 0 Å². The number of nitrogens with two attached hydrogens (primary N) is 1. The van der Waals surface area contributed by atoms with Gasteiger partial charge in [-0.2, -0.15) is 0 Å². The third-order valence-electron chi connectivity index (χ3n) is 2.54. The van der Waals surface area contributed by atoms with Crippen LogP contribution in [0.4, 0.5) is 0 Å². The number of hydrogen-bond acceptors (Lipinski definition) is 3. The molecule has 0 amide bonds. The number of allylic oxidation sites excluding steroid dienone is 3. The molecule has 2 nitrogen and oxygen atoms in total. The summed E-state index contributed by atoms with van der Waals surface area (Å²) in [6, 6.07) is 0. The van der Waals surface area contributed by atoms with Crippen LogP contribution in [0.2, 0.25) is 0 Å². The molecule has 0 aromatic heterocycles. The van der Waals surface area contributed by atoms with Crippen LogP contribution < -0.4 is 5.73 Å². The summed E-state index contributed by atoms with van der Waals surface area (Å²) in [6.45, 7) is 0.878. The molecule has 0 radical (unpaired) electrons. The predicted octanol–water partition coefficient (Wildman–Crippen LogP) is 1.44. The van der Waals surface area contributed by atoms with Gasteiger partial charge >= 0.3 is 0 Å². The quantitative estimate of drug-likeness (QED) is 0.739. The van der Waals surface area contributed by atoms with Gasteiger partial charge in [0.25, 0.3) is 0 Å². The lowest BCUT2D eigenvalue weighted by Crippen LogP contribution is -2.11. The first kappa shape index (κ1) is 10.0. The molecule has 2 aliphatic rings. The summed E-state index contributed by atoms with van der Waals surface area (Å²) >= 11 is 1.76. The van der Waals surface area contributed by atoms with Crippen LogP contribution >= 0.6 is 11.8 Å². The summed E-state index contributed by atoms with van der Waals surface area (Å²) in [4.78, 5) is 1.09. The Hall–Kier alpha value is -0.510. The highest BCUT2D eigenvalue weighted by Gasteiger charge is 2.26. The molecule has 76 valence electrons. The Morgan fingerprint density at radius 1 is 1.43 bits per heavy atom. The summed E-state index contributed by atoms with van der Waals surface area (Å²) in [5.41, 5.74) is 6.84. The minimum Gasteiger partial charge on any atom is -0.391 e. The number of fused-ring (bicyclic) bond motifs is 1. The fourth-order valence-corrected chi connectivity index (χ4v) is 2.99. The van der Waals surface area contributed by atoms with Crippen molar-refractivity contribution in [2.45, 2.75) is 11.7 Å². The standard InChI is InChI=1S/C11H15NOS/c12-4-3-8-1-2-11-9(5-8)6-10(7-13)14-11/h1-2,5-6,9,11,13H,3-4,7,12H2. The number of hydrogen-bond donors (Lipinski definition) is 2. The van der Waals surface area contributed by atoms with Crippen LogP contribution in [-0.2, 0) is 0 Å². The van der Waals surface area contributed by atoms with Gasteiger partial charge < -0.3 is 10.8 Å².